The molecule has 1 heterocycles. The second-order valence-corrected chi connectivity index (χ2v) is 5.58. The maximum Gasteiger partial charge on any atom is 0.210 e. The Kier molecular flexibility index (Phi) is 3.99. The fourth-order valence-electron chi connectivity index (χ4n) is 0.912. The van der Waals surface area contributed by atoms with Gasteiger partial charge in [-0.1, -0.05) is 0 Å². The third-order valence-electron chi connectivity index (χ3n) is 1.69. The molecule has 1 aromatic rings. The summed E-state index contributed by atoms with van der Waals surface area (Å²) >= 11 is 1.55. The Morgan fingerprint density at radius 2 is 2.36 bits per heavy atom. The van der Waals surface area contributed by atoms with Crippen LogP contribution < -0.4 is 10.5 Å². The lowest BCUT2D eigenvalue weighted by molar-refractivity contribution is 0.592. The molecule has 0 spiro atoms. The van der Waals surface area contributed by atoms with Crippen molar-refractivity contribution in [3.05, 3.63) is 16.1 Å². The third-order valence-corrected chi connectivity index (χ3v) is 3.40. The zero-order valence-corrected chi connectivity index (χ0v) is 9.49. The highest BCUT2D eigenvalue weighted by Crippen LogP contribution is 2.10. The minimum atomic E-state index is -3.35. The Morgan fingerprint density at radius 1 is 1.64 bits per heavy atom. The molecule has 0 saturated heterocycles. The first-order valence-corrected chi connectivity index (χ1v) is 6.69. The first-order valence-electron chi connectivity index (χ1n) is 4.09. The van der Waals surface area contributed by atoms with Crippen molar-refractivity contribution in [2.45, 2.75) is 13.5 Å². The van der Waals surface area contributed by atoms with E-state index in [4.69, 9.17) is 5.14 Å². The molecular formula is C7H13N3O2S2. The van der Waals surface area contributed by atoms with Gasteiger partial charge in [0.15, 0.2) is 0 Å². The average Bonchev–Trinajstić information content (AvgIpc) is 2.44. The van der Waals surface area contributed by atoms with Gasteiger partial charge in [-0.05, 0) is 6.92 Å². The lowest BCUT2D eigenvalue weighted by Gasteiger charge is -2.01. The zero-order chi connectivity index (χ0) is 10.6. The quantitative estimate of drug-likeness (QED) is 0.694. The van der Waals surface area contributed by atoms with Crippen LogP contribution >= 0.6 is 11.3 Å². The summed E-state index contributed by atoms with van der Waals surface area (Å²) in [5.41, 5.74) is 2.75. The smallest absolute Gasteiger partial charge is 0.210 e. The number of aryl methyl sites for hydroxylation is 1. The van der Waals surface area contributed by atoms with Crippen LogP contribution in [0.1, 0.15) is 10.6 Å². The van der Waals surface area contributed by atoms with Gasteiger partial charge in [0.25, 0.3) is 0 Å². The average molecular weight is 235 g/mol. The lowest BCUT2D eigenvalue weighted by Crippen LogP contribution is -2.26. The van der Waals surface area contributed by atoms with E-state index in [1.165, 1.54) is 0 Å². The predicted octanol–water partition coefficient (Wildman–Crippen LogP) is -0.170. The van der Waals surface area contributed by atoms with Crippen molar-refractivity contribution in [2.75, 3.05) is 12.3 Å². The van der Waals surface area contributed by atoms with Crippen molar-refractivity contribution < 1.29 is 8.42 Å². The summed E-state index contributed by atoms with van der Waals surface area (Å²) in [5.74, 6) is -0.0369. The summed E-state index contributed by atoms with van der Waals surface area (Å²) in [7, 11) is -3.35. The Balaban J connectivity index is 2.26. The molecule has 1 aromatic heterocycles. The van der Waals surface area contributed by atoms with Crippen LogP contribution in [0, 0.1) is 6.92 Å². The maximum atomic E-state index is 10.6. The molecule has 0 aromatic carbocycles. The summed E-state index contributed by atoms with van der Waals surface area (Å²) in [6, 6.07) is 0. The van der Waals surface area contributed by atoms with E-state index < -0.39 is 10.0 Å². The van der Waals surface area contributed by atoms with E-state index in [2.05, 4.69) is 10.3 Å². The standard InChI is InChI=1S/C7H13N3O2S2/c1-6-7(13-5-10-6)4-9-2-3-14(8,11)12/h5,9H,2-4H2,1H3,(H2,8,11,12). The van der Waals surface area contributed by atoms with E-state index in [9.17, 15) is 8.42 Å². The van der Waals surface area contributed by atoms with Crippen LogP contribution in [0.25, 0.3) is 0 Å². The van der Waals surface area contributed by atoms with Gasteiger partial charge in [-0.15, -0.1) is 11.3 Å². The molecule has 0 aliphatic heterocycles. The van der Waals surface area contributed by atoms with Crippen LogP contribution in [0.5, 0.6) is 0 Å². The van der Waals surface area contributed by atoms with Gasteiger partial charge >= 0.3 is 0 Å². The van der Waals surface area contributed by atoms with Crippen molar-refractivity contribution >= 4 is 21.4 Å². The van der Waals surface area contributed by atoms with Crippen LogP contribution in [-0.4, -0.2) is 25.7 Å². The number of hydrogen-bond donors (Lipinski definition) is 2. The van der Waals surface area contributed by atoms with Gasteiger partial charge in [-0.2, -0.15) is 0 Å². The van der Waals surface area contributed by atoms with Gasteiger partial charge in [0, 0.05) is 18.0 Å². The van der Waals surface area contributed by atoms with E-state index in [0.29, 0.717) is 13.1 Å². The highest BCUT2D eigenvalue weighted by atomic mass is 32.2. The van der Waals surface area contributed by atoms with Crippen LogP contribution in [0.3, 0.4) is 0 Å². The zero-order valence-electron chi connectivity index (χ0n) is 7.86. The highest BCUT2D eigenvalue weighted by Gasteiger charge is 2.03. The molecule has 0 atom stereocenters. The highest BCUT2D eigenvalue weighted by molar-refractivity contribution is 7.89. The van der Waals surface area contributed by atoms with E-state index in [1.54, 1.807) is 16.8 Å². The summed E-state index contributed by atoms with van der Waals surface area (Å²) in [6.07, 6.45) is 0. The summed E-state index contributed by atoms with van der Waals surface area (Å²) in [4.78, 5) is 5.20. The molecule has 0 bridgehead atoms. The lowest BCUT2D eigenvalue weighted by atomic mass is 10.4. The van der Waals surface area contributed by atoms with Gasteiger partial charge in [0.2, 0.25) is 10.0 Å². The summed E-state index contributed by atoms with van der Waals surface area (Å²) < 4.78 is 21.2. The molecule has 5 nitrogen and oxygen atoms in total. The van der Waals surface area contributed by atoms with Crippen LogP contribution in [0.4, 0.5) is 0 Å². The SMILES string of the molecule is Cc1ncsc1CNCCS(N)(=O)=O. The molecule has 1 rings (SSSR count). The number of thiazole rings is 1. The molecule has 0 aliphatic rings. The second kappa shape index (κ2) is 4.83. The number of sulfonamides is 1. The minimum absolute atomic E-state index is 0.0369. The summed E-state index contributed by atoms with van der Waals surface area (Å²) in [6.45, 7) is 2.94. The van der Waals surface area contributed by atoms with Crippen LogP contribution in [-0.2, 0) is 16.6 Å². The van der Waals surface area contributed by atoms with Crippen molar-refractivity contribution in [2.24, 2.45) is 5.14 Å². The Hall–Kier alpha value is -0.500. The second-order valence-electron chi connectivity index (χ2n) is 2.90. The van der Waals surface area contributed by atoms with E-state index in [1.807, 2.05) is 6.92 Å². The number of nitrogens with zero attached hydrogens (tertiary/aromatic N) is 1. The van der Waals surface area contributed by atoms with Gasteiger partial charge < -0.3 is 5.32 Å². The fraction of sp³-hybridized carbons (Fsp3) is 0.571. The van der Waals surface area contributed by atoms with E-state index in [0.717, 1.165) is 10.6 Å². The number of primary sulfonamides is 1. The molecular weight excluding hydrogens is 222 g/mol. The van der Waals surface area contributed by atoms with Gasteiger partial charge in [-0.3, -0.25) is 0 Å². The number of aromatic nitrogens is 1. The van der Waals surface area contributed by atoms with Crippen molar-refractivity contribution in [3.63, 3.8) is 0 Å². The molecule has 7 heteroatoms. The molecule has 0 unspecified atom stereocenters. The molecule has 80 valence electrons. The number of nitrogens with two attached hydrogens (primary N) is 1. The van der Waals surface area contributed by atoms with E-state index in [-0.39, 0.29) is 5.75 Å². The van der Waals surface area contributed by atoms with Gasteiger partial charge in [0.05, 0.1) is 17.0 Å². The topological polar surface area (TPSA) is 85.1 Å². The molecule has 0 fully saturated rings. The fourth-order valence-corrected chi connectivity index (χ4v) is 2.09. The monoisotopic (exact) mass is 235 g/mol. The number of rotatable bonds is 5. The number of hydrogen-bond acceptors (Lipinski definition) is 5. The first-order chi connectivity index (χ1) is 6.49. The normalized spacial score (nSPS) is 11.9. The first kappa shape index (κ1) is 11.6. The molecule has 0 amide bonds. The largest absolute Gasteiger partial charge is 0.311 e. The molecule has 0 radical (unpaired) electrons. The Morgan fingerprint density at radius 3 is 2.86 bits per heavy atom. The van der Waals surface area contributed by atoms with Gasteiger partial charge in [-0.25, -0.2) is 18.5 Å². The van der Waals surface area contributed by atoms with Crippen molar-refractivity contribution in [1.29, 1.82) is 0 Å². The van der Waals surface area contributed by atoms with Crippen molar-refractivity contribution in [3.8, 4) is 0 Å². The Bertz CT molecular complexity index is 385. The summed E-state index contributed by atoms with van der Waals surface area (Å²) in [5, 5.41) is 7.84. The van der Waals surface area contributed by atoms with Gasteiger partial charge in [0.1, 0.15) is 0 Å². The van der Waals surface area contributed by atoms with Crippen LogP contribution in [0.2, 0.25) is 0 Å². The Labute approximate surface area is 87.4 Å². The predicted molar refractivity (Wildman–Crippen MR) is 56.5 cm³/mol. The maximum absolute atomic E-state index is 10.6. The molecule has 0 saturated carbocycles. The number of nitrogens with one attached hydrogen (secondary N) is 1. The van der Waals surface area contributed by atoms with E-state index >= 15 is 0 Å². The molecule has 0 aliphatic carbocycles. The minimum Gasteiger partial charge on any atom is -0.311 e. The van der Waals surface area contributed by atoms with Crippen molar-refractivity contribution in [1.82, 2.24) is 10.3 Å². The van der Waals surface area contributed by atoms with Crippen LogP contribution in [0.15, 0.2) is 5.51 Å². The third kappa shape index (κ3) is 4.14. The molecule has 3 N–H and O–H groups in total. The molecule has 14 heavy (non-hydrogen) atoms.